The van der Waals surface area contributed by atoms with Crippen LogP contribution in [0.3, 0.4) is 0 Å². The number of hydrogen-bond donors (Lipinski definition) is 2. The van der Waals surface area contributed by atoms with Crippen LogP contribution < -0.4 is 0 Å². The minimum absolute atomic E-state index is 0.264. The molecule has 0 saturated heterocycles. The number of esters is 1. The van der Waals surface area contributed by atoms with E-state index in [0.29, 0.717) is 25.9 Å². The van der Waals surface area contributed by atoms with E-state index in [1.807, 2.05) is 60.8 Å². The van der Waals surface area contributed by atoms with E-state index in [-0.39, 0.29) is 5.97 Å². The lowest BCUT2D eigenvalue weighted by molar-refractivity contribution is -0.140. The van der Waals surface area contributed by atoms with E-state index in [2.05, 4.69) is 6.92 Å². The molecule has 0 amide bonds. The van der Waals surface area contributed by atoms with Crippen LogP contribution in [0.15, 0.2) is 72.9 Å². The van der Waals surface area contributed by atoms with Gasteiger partial charge < -0.3 is 14.9 Å². The number of hydrogen-bond acceptors (Lipinski definition) is 4. The number of allylic oxidation sites excluding steroid dienone is 8. The lowest BCUT2D eigenvalue weighted by atomic mass is 10.1. The molecule has 0 aliphatic rings. The van der Waals surface area contributed by atoms with Gasteiger partial charge in [0.05, 0.1) is 18.8 Å². The predicted molar refractivity (Wildman–Crippen MR) is 112 cm³/mol. The highest BCUT2D eigenvalue weighted by Crippen LogP contribution is 2.01. The molecule has 0 radical (unpaired) electrons. The fraction of sp³-hybridized carbons (Fsp3) is 0.435. The quantitative estimate of drug-likeness (QED) is 0.202. The first-order chi connectivity index (χ1) is 13.1. The summed E-state index contributed by atoms with van der Waals surface area (Å²) in [7, 11) is 0. The van der Waals surface area contributed by atoms with Crippen LogP contribution in [0.2, 0.25) is 0 Å². The number of rotatable bonds is 14. The predicted octanol–water partition coefficient (Wildman–Crippen LogP) is 4.58. The van der Waals surface area contributed by atoms with E-state index < -0.39 is 12.2 Å². The van der Waals surface area contributed by atoms with Gasteiger partial charge in [-0.05, 0) is 32.1 Å². The van der Waals surface area contributed by atoms with Crippen molar-refractivity contribution in [1.82, 2.24) is 0 Å². The van der Waals surface area contributed by atoms with Crippen LogP contribution in [0.25, 0.3) is 0 Å². The van der Waals surface area contributed by atoms with Crippen molar-refractivity contribution in [3.05, 3.63) is 72.9 Å². The van der Waals surface area contributed by atoms with Gasteiger partial charge in [0.15, 0.2) is 0 Å². The van der Waals surface area contributed by atoms with Gasteiger partial charge in [-0.3, -0.25) is 4.79 Å². The van der Waals surface area contributed by atoms with E-state index in [0.717, 1.165) is 12.8 Å². The van der Waals surface area contributed by atoms with Crippen LogP contribution in [0, 0.1) is 0 Å². The van der Waals surface area contributed by atoms with Crippen molar-refractivity contribution in [2.45, 2.75) is 58.2 Å². The normalized spacial score (nSPS) is 15.3. The molecule has 2 unspecified atom stereocenters. The summed E-state index contributed by atoms with van der Waals surface area (Å²) in [5.41, 5.74) is 0. The third-order valence-corrected chi connectivity index (χ3v) is 3.39. The van der Waals surface area contributed by atoms with Gasteiger partial charge in [-0.25, -0.2) is 0 Å². The fourth-order valence-corrected chi connectivity index (χ4v) is 1.99. The molecule has 0 fully saturated rings. The molecule has 0 aliphatic carbocycles. The minimum atomic E-state index is -0.483. The Morgan fingerprint density at radius 1 is 0.852 bits per heavy atom. The Labute approximate surface area is 163 Å². The first-order valence-electron chi connectivity index (χ1n) is 9.54. The van der Waals surface area contributed by atoms with Crippen molar-refractivity contribution in [1.29, 1.82) is 0 Å². The minimum Gasteiger partial charge on any atom is -0.466 e. The van der Waals surface area contributed by atoms with Crippen LogP contribution in [0.5, 0.6) is 0 Å². The molecule has 0 saturated carbocycles. The van der Waals surface area contributed by atoms with Gasteiger partial charge in [0, 0.05) is 6.92 Å². The van der Waals surface area contributed by atoms with Crippen LogP contribution >= 0.6 is 0 Å². The second-order valence-corrected chi connectivity index (χ2v) is 5.97. The first-order valence-corrected chi connectivity index (χ1v) is 9.54. The summed E-state index contributed by atoms with van der Waals surface area (Å²) in [5.74, 6) is -0.264. The molecule has 2 atom stereocenters. The zero-order chi connectivity index (χ0) is 20.2. The Balaban J connectivity index is 3.84. The number of carbonyl (C=O) groups excluding carboxylic acids is 1. The zero-order valence-electron chi connectivity index (χ0n) is 16.5. The molecule has 0 heterocycles. The summed E-state index contributed by atoms with van der Waals surface area (Å²) in [6, 6.07) is 0. The Hall–Kier alpha value is -2.17. The average molecular weight is 375 g/mol. The van der Waals surface area contributed by atoms with Gasteiger partial charge in [-0.1, -0.05) is 79.8 Å². The maximum Gasteiger partial charge on any atom is 0.302 e. The van der Waals surface area contributed by atoms with Gasteiger partial charge >= 0.3 is 5.97 Å². The molecule has 150 valence electrons. The molecule has 0 aromatic carbocycles. The molecular formula is C23H34O4. The second-order valence-electron chi connectivity index (χ2n) is 5.97. The van der Waals surface area contributed by atoms with Crippen molar-refractivity contribution in [3.8, 4) is 0 Å². The zero-order valence-corrected chi connectivity index (χ0v) is 16.5. The van der Waals surface area contributed by atoms with Crippen LogP contribution in [-0.2, 0) is 9.53 Å². The summed E-state index contributed by atoms with van der Waals surface area (Å²) in [6.07, 6.45) is 25.3. The smallest absolute Gasteiger partial charge is 0.302 e. The molecule has 0 aromatic heterocycles. The highest BCUT2D eigenvalue weighted by Gasteiger charge is 1.95. The lowest BCUT2D eigenvalue weighted by Gasteiger charge is -2.01. The maximum atomic E-state index is 10.6. The molecule has 0 spiro atoms. The van der Waals surface area contributed by atoms with E-state index >= 15 is 0 Å². The molecule has 0 aliphatic heterocycles. The summed E-state index contributed by atoms with van der Waals surface area (Å²) >= 11 is 0. The Morgan fingerprint density at radius 3 is 2.07 bits per heavy atom. The molecule has 2 N–H and O–H groups in total. The molecule has 4 heteroatoms. The van der Waals surface area contributed by atoms with E-state index in [1.165, 1.54) is 6.92 Å². The van der Waals surface area contributed by atoms with Gasteiger partial charge in [-0.15, -0.1) is 0 Å². The van der Waals surface area contributed by atoms with Crippen molar-refractivity contribution in [2.75, 3.05) is 6.61 Å². The van der Waals surface area contributed by atoms with E-state index in [9.17, 15) is 15.0 Å². The molecule has 0 rings (SSSR count). The number of aliphatic hydroxyl groups is 2. The van der Waals surface area contributed by atoms with Gasteiger partial charge in [0.25, 0.3) is 0 Å². The van der Waals surface area contributed by atoms with Crippen LogP contribution in [0.1, 0.15) is 46.0 Å². The summed E-state index contributed by atoms with van der Waals surface area (Å²) < 4.78 is 4.82. The highest BCUT2D eigenvalue weighted by molar-refractivity contribution is 5.65. The summed E-state index contributed by atoms with van der Waals surface area (Å²) in [5, 5.41) is 19.5. The second kappa shape index (κ2) is 18.6. The summed E-state index contributed by atoms with van der Waals surface area (Å²) in [4.78, 5) is 10.6. The third-order valence-electron chi connectivity index (χ3n) is 3.39. The van der Waals surface area contributed by atoms with E-state index in [4.69, 9.17) is 4.74 Å². The number of aliphatic hydroxyl groups excluding tert-OH is 2. The van der Waals surface area contributed by atoms with Crippen molar-refractivity contribution in [3.63, 3.8) is 0 Å². The third kappa shape index (κ3) is 20.0. The molecule has 0 bridgehead atoms. The lowest BCUT2D eigenvalue weighted by Crippen LogP contribution is -2.00. The molecule has 0 aromatic rings. The van der Waals surface area contributed by atoms with Crippen LogP contribution in [0.4, 0.5) is 0 Å². The summed E-state index contributed by atoms with van der Waals surface area (Å²) in [6.45, 7) is 3.86. The van der Waals surface area contributed by atoms with Gasteiger partial charge in [0.2, 0.25) is 0 Å². The van der Waals surface area contributed by atoms with Crippen LogP contribution in [-0.4, -0.2) is 35.0 Å². The Bertz CT molecular complexity index is 539. The number of ether oxygens (including phenoxy) is 1. The fourth-order valence-electron chi connectivity index (χ4n) is 1.99. The van der Waals surface area contributed by atoms with Crippen molar-refractivity contribution >= 4 is 5.97 Å². The SMILES string of the molecule is CC/C=C\CC(O)/C=C/C=C\C=C\C=C\C(O)CC/C=C\CCOC(C)=O. The molecular weight excluding hydrogens is 340 g/mol. The van der Waals surface area contributed by atoms with Gasteiger partial charge in [-0.2, -0.15) is 0 Å². The number of carbonyl (C=O) groups is 1. The standard InChI is InChI=1S/C23H34O4/c1-3-4-11-16-22(25)17-12-7-5-6-8-13-18-23(26)19-14-9-10-15-20-27-21(2)24/h4-13,17-18,22-23,25-26H,3,14-16,19-20H2,1-2H3/b7-5-,8-6+,10-9-,11-4-,17-12+,18-13+. The first kappa shape index (κ1) is 24.8. The Kier molecular flexibility index (Phi) is 17.1. The van der Waals surface area contributed by atoms with Gasteiger partial charge in [0.1, 0.15) is 0 Å². The average Bonchev–Trinajstić information content (AvgIpc) is 2.63. The monoisotopic (exact) mass is 374 g/mol. The van der Waals surface area contributed by atoms with Crippen molar-refractivity contribution < 1.29 is 19.7 Å². The topological polar surface area (TPSA) is 66.8 Å². The van der Waals surface area contributed by atoms with Crippen molar-refractivity contribution in [2.24, 2.45) is 0 Å². The van der Waals surface area contributed by atoms with E-state index in [1.54, 1.807) is 12.2 Å². The largest absolute Gasteiger partial charge is 0.466 e. The Morgan fingerprint density at radius 2 is 1.44 bits per heavy atom. The maximum absolute atomic E-state index is 10.6. The highest BCUT2D eigenvalue weighted by atomic mass is 16.5. The molecule has 4 nitrogen and oxygen atoms in total. The molecule has 27 heavy (non-hydrogen) atoms.